The van der Waals surface area contributed by atoms with Crippen LogP contribution in [0.1, 0.15) is 55.2 Å². The Balaban J connectivity index is 2.02. The van der Waals surface area contributed by atoms with Gasteiger partial charge in [0.2, 0.25) is 0 Å². The van der Waals surface area contributed by atoms with Crippen LogP contribution in [-0.2, 0) is 6.54 Å². The van der Waals surface area contributed by atoms with E-state index in [0.29, 0.717) is 10.7 Å². The third kappa shape index (κ3) is 5.32. The van der Waals surface area contributed by atoms with E-state index >= 15 is 0 Å². The molecule has 6 nitrogen and oxygen atoms in total. The van der Waals surface area contributed by atoms with E-state index in [-0.39, 0.29) is 5.91 Å². The number of carbonyl (C=O) groups is 1. The maximum atomic E-state index is 12.3. The number of aryl methyl sites for hydroxylation is 2. The van der Waals surface area contributed by atoms with Gasteiger partial charge in [0.05, 0.1) is 17.5 Å². The van der Waals surface area contributed by atoms with Crippen molar-refractivity contribution >= 4 is 29.4 Å². The molecule has 0 atom stereocenters. The van der Waals surface area contributed by atoms with E-state index in [1.54, 1.807) is 23.0 Å². The molecular formula is C20H28ClN5O. The standard InChI is InChI=1S/C20H28ClN5O/c1-5-8-13-26-19(21)18(15(4)24-26)14-22-23-20(27)16-9-11-17(12-10-16)25(6-2)7-3/h9-12,14H,5-8,13H2,1-4H3,(H,23,27)/b22-14-. The minimum absolute atomic E-state index is 0.260. The molecule has 1 N–H and O–H groups in total. The van der Waals surface area contributed by atoms with Crippen molar-refractivity contribution in [2.24, 2.45) is 5.10 Å². The highest BCUT2D eigenvalue weighted by molar-refractivity contribution is 6.32. The zero-order chi connectivity index (χ0) is 19.8. The largest absolute Gasteiger partial charge is 0.372 e. The predicted molar refractivity (Wildman–Crippen MR) is 112 cm³/mol. The molecule has 146 valence electrons. The molecule has 0 bridgehead atoms. The predicted octanol–water partition coefficient (Wildman–Crippen LogP) is 4.26. The summed E-state index contributed by atoms with van der Waals surface area (Å²) in [6.45, 7) is 10.8. The summed E-state index contributed by atoms with van der Waals surface area (Å²) in [6.07, 6.45) is 3.63. The summed E-state index contributed by atoms with van der Waals surface area (Å²) in [5.74, 6) is -0.260. The zero-order valence-electron chi connectivity index (χ0n) is 16.5. The van der Waals surface area contributed by atoms with Gasteiger partial charge < -0.3 is 4.90 Å². The minimum atomic E-state index is -0.260. The fourth-order valence-corrected chi connectivity index (χ4v) is 3.11. The molecule has 7 heteroatoms. The lowest BCUT2D eigenvalue weighted by Crippen LogP contribution is -2.22. The molecule has 27 heavy (non-hydrogen) atoms. The Kier molecular flexibility index (Phi) is 7.85. The normalized spacial score (nSPS) is 11.1. The third-order valence-electron chi connectivity index (χ3n) is 4.45. The smallest absolute Gasteiger partial charge is 0.271 e. The highest BCUT2D eigenvalue weighted by Crippen LogP contribution is 2.18. The van der Waals surface area contributed by atoms with Gasteiger partial charge in [-0.3, -0.25) is 9.48 Å². The van der Waals surface area contributed by atoms with Crippen LogP contribution in [0.4, 0.5) is 5.69 Å². The quantitative estimate of drug-likeness (QED) is 0.515. The van der Waals surface area contributed by atoms with E-state index in [9.17, 15) is 4.79 Å². The Morgan fingerprint density at radius 3 is 2.52 bits per heavy atom. The third-order valence-corrected chi connectivity index (χ3v) is 4.85. The lowest BCUT2D eigenvalue weighted by atomic mass is 10.2. The van der Waals surface area contributed by atoms with Crippen molar-refractivity contribution in [1.29, 1.82) is 0 Å². The molecule has 1 aromatic heterocycles. The van der Waals surface area contributed by atoms with Gasteiger partial charge in [-0.1, -0.05) is 24.9 Å². The summed E-state index contributed by atoms with van der Waals surface area (Å²) >= 11 is 6.36. The Labute approximate surface area is 166 Å². The maximum Gasteiger partial charge on any atom is 0.271 e. The van der Waals surface area contributed by atoms with Crippen LogP contribution in [0.2, 0.25) is 5.15 Å². The van der Waals surface area contributed by atoms with E-state index in [1.165, 1.54) is 0 Å². The second-order valence-electron chi connectivity index (χ2n) is 6.28. The second kappa shape index (κ2) is 10.1. The molecule has 0 aliphatic rings. The van der Waals surface area contributed by atoms with Crippen LogP contribution >= 0.6 is 11.6 Å². The maximum absolute atomic E-state index is 12.3. The van der Waals surface area contributed by atoms with Gasteiger partial charge in [-0.2, -0.15) is 10.2 Å². The van der Waals surface area contributed by atoms with Gasteiger partial charge in [0.1, 0.15) is 5.15 Å². The molecule has 2 rings (SSSR count). The van der Waals surface area contributed by atoms with E-state index in [4.69, 9.17) is 11.6 Å². The minimum Gasteiger partial charge on any atom is -0.372 e. The Hall–Kier alpha value is -2.34. The number of halogens is 1. The molecule has 1 heterocycles. The van der Waals surface area contributed by atoms with E-state index in [1.807, 2.05) is 19.1 Å². The number of hydrogen-bond acceptors (Lipinski definition) is 4. The van der Waals surface area contributed by atoms with Gasteiger partial charge in [0.15, 0.2) is 0 Å². The Bertz CT molecular complexity index is 778. The summed E-state index contributed by atoms with van der Waals surface area (Å²) in [6, 6.07) is 7.51. The number of aromatic nitrogens is 2. The number of amides is 1. The van der Waals surface area contributed by atoms with Crippen LogP contribution < -0.4 is 10.3 Å². The SMILES string of the molecule is CCCCn1nc(C)c(/C=N\NC(=O)c2ccc(N(CC)CC)cc2)c1Cl. The number of benzene rings is 1. The number of nitrogens with zero attached hydrogens (tertiary/aromatic N) is 4. The van der Waals surface area contributed by atoms with Gasteiger partial charge in [-0.25, -0.2) is 5.43 Å². The van der Waals surface area contributed by atoms with Crippen molar-refractivity contribution in [3.8, 4) is 0 Å². The van der Waals surface area contributed by atoms with E-state index < -0.39 is 0 Å². The number of hydrogen-bond donors (Lipinski definition) is 1. The molecule has 1 aromatic carbocycles. The van der Waals surface area contributed by atoms with Crippen molar-refractivity contribution in [2.75, 3.05) is 18.0 Å². The Morgan fingerprint density at radius 2 is 1.93 bits per heavy atom. The first kappa shape index (κ1) is 21.0. The van der Waals surface area contributed by atoms with Gasteiger partial charge in [-0.15, -0.1) is 0 Å². The second-order valence-corrected chi connectivity index (χ2v) is 6.64. The Morgan fingerprint density at radius 1 is 1.26 bits per heavy atom. The summed E-state index contributed by atoms with van der Waals surface area (Å²) < 4.78 is 1.77. The highest BCUT2D eigenvalue weighted by Gasteiger charge is 2.12. The lowest BCUT2D eigenvalue weighted by Gasteiger charge is -2.20. The topological polar surface area (TPSA) is 62.5 Å². The summed E-state index contributed by atoms with van der Waals surface area (Å²) in [4.78, 5) is 14.5. The first-order valence-electron chi connectivity index (χ1n) is 9.43. The summed E-state index contributed by atoms with van der Waals surface area (Å²) in [7, 11) is 0. The van der Waals surface area contributed by atoms with Gasteiger partial charge >= 0.3 is 0 Å². The molecular weight excluding hydrogens is 362 g/mol. The number of carbonyl (C=O) groups excluding carboxylic acids is 1. The molecule has 0 aliphatic carbocycles. The molecule has 0 fully saturated rings. The average Bonchev–Trinajstić information content (AvgIpc) is 2.95. The van der Waals surface area contributed by atoms with Crippen molar-refractivity contribution in [3.05, 3.63) is 46.2 Å². The van der Waals surface area contributed by atoms with Crippen molar-refractivity contribution in [1.82, 2.24) is 15.2 Å². The number of anilines is 1. The first-order valence-corrected chi connectivity index (χ1v) is 9.80. The van der Waals surface area contributed by atoms with Gasteiger partial charge in [-0.05, 0) is 51.5 Å². The van der Waals surface area contributed by atoms with Crippen LogP contribution in [0.25, 0.3) is 0 Å². The lowest BCUT2D eigenvalue weighted by molar-refractivity contribution is 0.0955. The molecule has 0 unspecified atom stereocenters. The number of rotatable bonds is 9. The van der Waals surface area contributed by atoms with Crippen LogP contribution in [0.5, 0.6) is 0 Å². The van der Waals surface area contributed by atoms with Crippen LogP contribution in [-0.4, -0.2) is 35.0 Å². The van der Waals surface area contributed by atoms with Gasteiger partial charge in [0, 0.05) is 30.9 Å². The molecule has 0 saturated carbocycles. The summed E-state index contributed by atoms with van der Waals surface area (Å²) in [5, 5.41) is 9.02. The zero-order valence-corrected chi connectivity index (χ0v) is 17.3. The van der Waals surface area contributed by atoms with Crippen molar-refractivity contribution in [3.63, 3.8) is 0 Å². The molecule has 0 aliphatic heterocycles. The monoisotopic (exact) mass is 389 g/mol. The molecule has 0 radical (unpaired) electrons. The van der Waals surface area contributed by atoms with E-state index in [2.05, 4.69) is 41.3 Å². The molecule has 0 saturated heterocycles. The number of hydrazone groups is 1. The van der Waals surface area contributed by atoms with E-state index in [0.717, 1.165) is 49.4 Å². The molecule has 1 amide bonds. The molecule has 2 aromatic rings. The van der Waals surface area contributed by atoms with Crippen molar-refractivity contribution in [2.45, 2.75) is 47.1 Å². The first-order chi connectivity index (χ1) is 13.0. The van der Waals surface area contributed by atoms with Crippen LogP contribution in [0.3, 0.4) is 0 Å². The van der Waals surface area contributed by atoms with Crippen LogP contribution in [0.15, 0.2) is 29.4 Å². The average molecular weight is 390 g/mol. The van der Waals surface area contributed by atoms with Gasteiger partial charge in [0.25, 0.3) is 5.91 Å². The van der Waals surface area contributed by atoms with Crippen molar-refractivity contribution < 1.29 is 4.79 Å². The fourth-order valence-electron chi connectivity index (χ4n) is 2.80. The number of unbranched alkanes of at least 4 members (excludes halogenated alkanes) is 1. The number of nitrogens with one attached hydrogen (secondary N) is 1. The highest BCUT2D eigenvalue weighted by atomic mass is 35.5. The van der Waals surface area contributed by atoms with Crippen LogP contribution in [0, 0.1) is 6.92 Å². The molecule has 0 spiro atoms. The fraction of sp³-hybridized carbons (Fsp3) is 0.450. The summed E-state index contributed by atoms with van der Waals surface area (Å²) in [5.41, 5.74) is 5.73.